The lowest BCUT2D eigenvalue weighted by Gasteiger charge is -2.35. The van der Waals surface area contributed by atoms with Crippen molar-refractivity contribution in [1.82, 2.24) is 24.6 Å². The van der Waals surface area contributed by atoms with Crippen LogP contribution < -0.4 is 0 Å². The van der Waals surface area contributed by atoms with Gasteiger partial charge in [-0.1, -0.05) is 20.8 Å². The standard InChI is InChI=1S/C19H27N5O/c1-13-21-15(12-16(22-13)17-6-9-20-23(17)5)14-7-10-24(11-8-14)18(25)19(2,3)4/h6,9,12,14H,7-8,10-11H2,1-5H3. The van der Waals surface area contributed by atoms with E-state index in [1.54, 1.807) is 6.20 Å². The van der Waals surface area contributed by atoms with Gasteiger partial charge in [0.1, 0.15) is 5.82 Å². The Bertz CT molecular complexity index is 766. The van der Waals surface area contributed by atoms with Crippen LogP contribution in [0.1, 0.15) is 51.0 Å². The van der Waals surface area contributed by atoms with Crippen molar-refractivity contribution in [3.05, 3.63) is 29.8 Å². The van der Waals surface area contributed by atoms with E-state index in [1.165, 1.54) is 0 Å². The molecule has 0 radical (unpaired) electrons. The summed E-state index contributed by atoms with van der Waals surface area (Å²) in [5.74, 6) is 1.39. The van der Waals surface area contributed by atoms with E-state index in [-0.39, 0.29) is 11.3 Å². The predicted octanol–water partition coefficient (Wildman–Crippen LogP) is 2.94. The lowest BCUT2D eigenvalue weighted by Crippen LogP contribution is -2.43. The molecule has 2 aromatic rings. The maximum absolute atomic E-state index is 12.5. The zero-order valence-corrected chi connectivity index (χ0v) is 15.8. The number of amides is 1. The van der Waals surface area contributed by atoms with Crippen molar-refractivity contribution < 1.29 is 4.79 Å². The number of nitrogens with zero attached hydrogens (tertiary/aromatic N) is 5. The Kier molecular flexibility index (Phi) is 4.62. The Morgan fingerprint density at radius 3 is 2.44 bits per heavy atom. The highest BCUT2D eigenvalue weighted by Crippen LogP contribution is 2.30. The van der Waals surface area contributed by atoms with Crippen LogP contribution in [0, 0.1) is 12.3 Å². The number of piperidine rings is 1. The van der Waals surface area contributed by atoms with Crippen LogP contribution in [-0.2, 0) is 11.8 Å². The van der Waals surface area contributed by atoms with Crippen molar-refractivity contribution in [3.63, 3.8) is 0 Å². The molecule has 2 aromatic heterocycles. The molecular weight excluding hydrogens is 314 g/mol. The zero-order chi connectivity index (χ0) is 18.2. The van der Waals surface area contributed by atoms with Gasteiger partial charge in [0.2, 0.25) is 5.91 Å². The molecule has 0 aliphatic carbocycles. The third kappa shape index (κ3) is 3.72. The van der Waals surface area contributed by atoms with E-state index in [9.17, 15) is 4.79 Å². The summed E-state index contributed by atoms with van der Waals surface area (Å²) in [6, 6.07) is 4.05. The molecular formula is C19H27N5O. The molecule has 6 heteroatoms. The molecule has 3 heterocycles. The zero-order valence-electron chi connectivity index (χ0n) is 15.8. The normalized spacial score (nSPS) is 16.3. The summed E-state index contributed by atoms with van der Waals surface area (Å²) in [5.41, 5.74) is 2.67. The van der Waals surface area contributed by atoms with E-state index < -0.39 is 0 Å². The molecule has 0 atom stereocenters. The Morgan fingerprint density at radius 1 is 1.20 bits per heavy atom. The molecule has 0 unspecified atom stereocenters. The van der Waals surface area contributed by atoms with Crippen LogP contribution in [0.15, 0.2) is 18.3 Å². The summed E-state index contributed by atoms with van der Waals surface area (Å²) >= 11 is 0. The summed E-state index contributed by atoms with van der Waals surface area (Å²) in [5, 5.41) is 4.23. The molecule has 1 aliphatic rings. The Morgan fingerprint density at radius 2 is 1.88 bits per heavy atom. The Hall–Kier alpha value is -2.24. The lowest BCUT2D eigenvalue weighted by molar-refractivity contribution is -0.140. The maximum atomic E-state index is 12.5. The first kappa shape index (κ1) is 17.6. The first-order chi connectivity index (χ1) is 11.8. The van der Waals surface area contributed by atoms with Crippen LogP contribution in [0.5, 0.6) is 0 Å². The van der Waals surface area contributed by atoms with Crippen LogP contribution in [0.25, 0.3) is 11.4 Å². The van der Waals surface area contributed by atoms with Crippen molar-refractivity contribution in [2.45, 2.75) is 46.5 Å². The molecule has 0 bridgehead atoms. The molecule has 3 rings (SSSR count). The van der Waals surface area contributed by atoms with Gasteiger partial charge in [0.25, 0.3) is 0 Å². The van der Waals surface area contributed by atoms with Gasteiger partial charge in [-0.15, -0.1) is 0 Å². The van der Waals surface area contributed by atoms with Crippen LogP contribution >= 0.6 is 0 Å². The summed E-state index contributed by atoms with van der Waals surface area (Å²) < 4.78 is 1.83. The maximum Gasteiger partial charge on any atom is 0.227 e. The predicted molar refractivity (Wildman–Crippen MR) is 97.0 cm³/mol. The summed E-state index contributed by atoms with van der Waals surface area (Å²) in [6.07, 6.45) is 3.68. The van der Waals surface area contributed by atoms with Gasteiger partial charge in [0.15, 0.2) is 0 Å². The number of carbonyl (C=O) groups excluding carboxylic acids is 1. The molecule has 6 nitrogen and oxygen atoms in total. The van der Waals surface area contributed by atoms with Crippen molar-refractivity contribution in [1.29, 1.82) is 0 Å². The van der Waals surface area contributed by atoms with Crippen LogP contribution in [-0.4, -0.2) is 43.6 Å². The molecule has 25 heavy (non-hydrogen) atoms. The number of carbonyl (C=O) groups is 1. The number of likely N-dealkylation sites (tertiary alicyclic amines) is 1. The largest absolute Gasteiger partial charge is 0.342 e. The number of rotatable bonds is 2. The van der Waals surface area contributed by atoms with Gasteiger partial charge in [0.05, 0.1) is 11.4 Å². The average molecular weight is 341 g/mol. The van der Waals surface area contributed by atoms with Crippen molar-refractivity contribution in [2.75, 3.05) is 13.1 Å². The molecule has 134 valence electrons. The van der Waals surface area contributed by atoms with Crippen molar-refractivity contribution in [2.24, 2.45) is 12.5 Å². The molecule has 1 saturated heterocycles. The average Bonchev–Trinajstić information content (AvgIpc) is 2.99. The fraction of sp³-hybridized carbons (Fsp3) is 0.579. The highest BCUT2D eigenvalue weighted by Gasteiger charge is 2.31. The molecule has 1 amide bonds. The number of hydrogen-bond acceptors (Lipinski definition) is 4. The smallest absolute Gasteiger partial charge is 0.227 e. The van der Waals surface area contributed by atoms with E-state index in [1.807, 2.05) is 50.4 Å². The summed E-state index contributed by atoms with van der Waals surface area (Å²) in [7, 11) is 1.92. The fourth-order valence-electron chi connectivity index (χ4n) is 3.41. The fourth-order valence-corrected chi connectivity index (χ4v) is 3.41. The third-order valence-electron chi connectivity index (χ3n) is 4.78. The third-order valence-corrected chi connectivity index (χ3v) is 4.78. The minimum atomic E-state index is -0.314. The quantitative estimate of drug-likeness (QED) is 0.842. The second kappa shape index (κ2) is 6.58. The highest BCUT2D eigenvalue weighted by atomic mass is 16.2. The van der Waals surface area contributed by atoms with Gasteiger partial charge in [-0.2, -0.15) is 5.10 Å². The van der Waals surface area contributed by atoms with Crippen molar-refractivity contribution >= 4 is 5.91 Å². The molecule has 0 aromatic carbocycles. The lowest BCUT2D eigenvalue weighted by atomic mass is 9.89. The van der Waals surface area contributed by atoms with Crippen LogP contribution in [0.2, 0.25) is 0 Å². The number of aryl methyl sites for hydroxylation is 2. The van der Waals surface area contributed by atoms with Crippen molar-refractivity contribution in [3.8, 4) is 11.4 Å². The Balaban J connectivity index is 1.77. The van der Waals surface area contributed by atoms with Gasteiger partial charge in [0, 0.05) is 43.4 Å². The number of hydrogen-bond donors (Lipinski definition) is 0. The van der Waals surface area contributed by atoms with Gasteiger partial charge in [-0.25, -0.2) is 9.97 Å². The first-order valence-corrected chi connectivity index (χ1v) is 8.89. The van der Waals surface area contributed by atoms with E-state index in [0.717, 1.165) is 48.8 Å². The van der Waals surface area contributed by atoms with E-state index in [2.05, 4.69) is 21.1 Å². The van der Waals surface area contributed by atoms with Crippen LogP contribution in [0.3, 0.4) is 0 Å². The molecule has 1 fully saturated rings. The molecule has 0 saturated carbocycles. The summed E-state index contributed by atoms with van der Waals surface area (Å²) in [4.78, 5) is 23.7. The van der Waals surface area contributed by atoms with Gasteiger partial charge < -0.3 is 4.90 Å². The van der Waals surface area contributed by atoms with Gasteiger partial charge in [-0.05, 0) is 31.9 Å². The molecule has 0 spiro atoms. The minimum absolute atomic E-state index is 0.236. The second-order valence-electron chi connectivity index (χ2n) is 7.88. The SMILES string of the molecule is Cc1nc(-c2ccnn2C)cc(C2CCN(C(=O)C(C)(C)C)CC2)n1. The highest BCUT2D eigenvalue weighted by molar-refractivity contribution is 5.81. The van der Waals surface area contributed by atoms with E-state index in [0.29, 0.717) is 5.92 Å². The minimum Gasteiger partial charge on any atom is -0.342 e. The Labute approximate surface area is 149 Å². The second-order valence-corrected chi connectivity index (χ2v) is 7.88. The van der Waals surface area contributed by atoms with E-state index in [4.69, 9.17) is 0 Å². The van der Waals surface area contributed by atoms with E-state index >= 15 is 0 Å². The van der Waals surface area contributed by atoms with Gasteiger partial charge >= 0.3 is 0 Å². The first-order valence-electron chi connectivity index (χ1n) is 8.89. The molecule has 0 N–H and O–H groups in total. The van der Waals surface area contributed by atoms with Gasteiger partial charge in [-0.3, -0.25) is 9.48 Å². The topological polar surface area (TPSA) is 63.9 Å². The molecule has 1 aliphatic heterocycles. The number of aromatic nitrogens is 4. The van der Waals surface area contributed by atoms with Crippen LogP contribution in [0.4, 0.5) is 0 Å². The summed E-state index contributed by atoms with van der Waals surface area (Å²) in [6.45, 7) is 9.47. The monoisotopic (exact) mass is 341 g/mol.